The Balaban J connectivity index is 2.92. The first-order chi connectivity index (χ1) is 9.69. The summed E-state index contributed by atoms with van der Waals surface area (Å²) in [6.07, 6.45) is 0. The lowest BCUT2D eigenvalue weighted by atomic mass is 10.0. The van der Waals surface area contributed by atoms with E-state index in [1.165, 1.54) is 31.2 Å². The van der Waals surface area contributed by atoms with Crippen molar-refractivity contribution in [2.45, 2.75) is 31.7 Å². The third-order valence-electron chi connectivity index (χ3n) is 3.07. The summed E-state index contributed by atoms with van der Waals surface area (Å²) >= 11 is 0. The lowest BCUT2D eigenvalue weighted by molar-refractivity contribution is -0.140. The molecule has 6 nitrogen and oxygen atoms in total. The van der Waals surface area contributed by atoms with Crippen molar-refractivity contribution in [3.63, 3.8) is 0 Å². The van der Waals surface area contributed by atoms with E-state index in [1.807, 2.05) is 0 Å². The molecular weight excluding hydrogens is 294 g/mol. The standard InChI is InChI=1S/C14H19NO5S/c1-4-21(19,20)11-7-5-10(6-8-11)13(16)15-12(9(2)3)14(17)18/h5-9,12H,4H2,1-3H3,(H,15,16)(H,17,18)/t12-/m1/s1. The Labute approximate surface area is 124 Å². The van der Waals surface area contributed by atoms with Crippen molar-refractivity contribution < 1.29 is 23.1 Å². The molecule has 0 aliphatic carbocycles. The van der Waals surface area contributed by atoms with Crippen LogP contribution in [0.25, 0.3) is 0 Å². The van der Waals surface area contributed by atoms with E-state index in [0.29, 0.717) is 0 Å². The molecule has 7 heteroatoms. The number of carboxylic acids is 1. The molecule has 0 radical (unpaired) electrons. The van der Waals surface area contributed by atoms with Crippen LogP contribution in [-0.2, 0) is 14.6 Å². The number of aliphatic carboxylic acids is 1. The van der Waals surface area contributed by atoms with E-state index < -0.39 is 27.8 Å². The average Bonchev–Trinajstić information content (AvgIpc) is 2.43. The highest BCUT2D eigenvalue weighted by Crippen LogP contribution is 2.13. The number of hydrogen-bond acceptors (Lipinski definition) is 4. The van der Waals surface area contributed by atoms with Gasteiger partial charge >= 0.3 is 5.97 Å². The summed E-state index contributed by atoms with van der Waals surface area (Å²) in [6, 6.07) is 4.45. The molecule has 21 heavy (non-hydrogen) atoms. The van der Waals surface area contributed by atoms with E-state index >= 15 is 0 Å². The second-order valence-corrected chi connectivity index (χ2v) is 7.24. The Hall–Kier alpha value is -1.89. The van der Waals surface area contributed by atoms with Crippen molar-refractivity contribution >= 4 is 21.7 Å². The Morgan fingerprint density at radius 2 is 1.71 bits per heavy atom. The van der Waals surface area contributed by atoms with Crippen molar-refractivity contribution in [1.29, 1.82) is 0 Å². The molecule has 2 N–H and O–H groups in total. The predicted octanol–water partition coefficient (Wildman–Crippen LogP) is 1.32. The fraction of sp³-hybridized carbons (Fsp3) is 0.429. The van der Waals surface area contributed by atoms with Crippen molar-refractivity contribution in [2.24, 2.45) is 5.92 Å². The minimum absolute atomic E-state index is 0.0209. The molecule has 0 saturated carbocycles. The summed E-state index contributed by atoms with van der Waals surface area (Å²) in [6.45, 7) is 4.92. The van der Waals surface area contributed by atoms with Crippen LogP contribution in [0.1, 0.15) is 31.1 Å². The van der Waals surface area contributed by atoms with Gasteiger partial charge in [0.05, 0.1) is 10.6 Å². The number of hydrogen-bond donors (Lipinski definition) is 2. The van der Waals surface area contributed by atoms with Crippen LogP contribution in [0.5, 0.6) is 0 Å². The molecule has 0 fully saturated rings. The van der Waals surface area contributed by atoms with Gasteiger partial charge in [-0.3, -0.25) is 4.79 Å². The topological polar surface area (TPSA) is 101 Å². The quantitative estimate of drug-likeness (QED) is 0.825. The zero-order valence-electron chi connectivity index (χ0n) is 12.2. The molecule has 0 unspecified atom stereocenters. The van der Waals surface area contributed by atoms with Gasteiger partial charge in [0.2, 0.25) is 0 Å². The highest BCUT2D eigenvalue weighted by molar-refractivity contribution is 7.91. The van der Waals surface area contributed by atoms with E-state index in [2.05, 4.69) is 5.32 Å². The Kier molecular flexibility index (Phi) is 5.48. The minimum Gasteiger partial charge on any atom is -0.480 e. The lowest BCUT2D eigenvalue weighted by Gasteiger charge is -2.17. The SMILES string of the molecule is CCS(=O)(=O)c1ccc(C(=O)N[C@@H](C(=O)O)C(C)C)cc1. The number of benzene rings is 1. The molecule has 0 spiro atoms. The van der Waals surface area contributed by atoms with Crippen molar-refractivity contribution in [2.75, 3.05) is 5.75 Å². The van der Waals surface area contributed by atoms with Crippen molar-refractivity contribution in [3.8, 4) is 0 Å². The maximum Gasteiger partial charge on any atom is 0.326 e. The minimum atomic E-state index is -3.32. The molecule has 0 aliphatic heterocycles. The zero-order chi connectivity index (χ0) is 16.2. The van der Waals surface area contributed by atoms with Crippen LogP contribution in [0.2, 0.25) is 0 Å². The number of amides is 1. The number of carbonyl (C=O) groups excluding carboxylic acids is 1. The fourth-order valence-electron chi connectivity index (χ4n) is 1.72. The first kappa shape index (κ1) is 17.2. The Bertz CT molecular complexity index is 619. The van der Waals surface area contributed by atoms with Gasteiger partial charge in [-0.1, -0.05) is 20.8 Å². The van der Waals surface area contributed by atoms with Gasteiger partial charge in [0, 0.05) is 5.56 Å². The molecule has 0 aromatic heterocycles. The Morgan fingerprint density at radius 3 is 2.10 bits per heavy atom. The summed E-state index contributed by atoms with van der Waals surface area (Å²) in [7, 11) is -3.32. The number of sulfone groups is 1. The lowest BCUT2D eigenvalue weighted by Crippen LogP contribution is -2.44. The molecule has 1 amide bonds. The smallest absolute Gasteiger partial charge is 0.326 e. The summed E-state index contributed by atoms with van der Waals surface area (Å²) < 4.78 is 23.3. The van der Waals surface area contributed by atoms with E-state index in [0.717, 1.165) is 0 Å². The first-order valence-corrected chi connectivity index (χ1v) is 8.20. The molecule has 1 rings (SSSR count). The predicted molar refractivity (Wildman–Crippen MR) is 77.9 cm³/mol. The van der Waals surface area contributed by atoms with Gasteiger partial charge in [0.15, 0.2) is 9.84 Å². The molecule has 0 aliphatic rings. The molecule has 0 bridgehead atoms. The molecule has 0 heterocycles. The number of carbonyl (C=O) groups is 2. The molecule has 116 valence electrons. The Morgan fingerprint density at radius 1 is 1.19 bits per heavy atom. The number of carboxylic acid groups (broad SMARTS) is 1. The van der Waals surface area contributed by atoms with E-state index in [4.69, 9.17) is 5.11 Å². The van der Waals surface area contributed by atoms with Crippen LogP contribution in [0.15, 0.2) is 29.2 Å². The highest BCUT2D eigenvalue weighted by Gasteiger charge is 2.24. The summed E-state index contributed by atoms with van der Waals surface area (Å²) in [5.74, 6) is -1.93. The van der Waals surface area contributed by atoms with Gasteiger partial charge in [-0.25, -0.2) is 13.2 Å². The summed E-state index contributed by atoms with van der Waals surface area (Å²) in [5, 5.41) is 11.4. The van der Waals surface area contributed by atoms with E-state index in [9.17, 15) is 18.0 Å². The summed E-state index contributed by atoms with van der Waals surface area (Å²) in [4.78, 5) is 23.1. The molecule has 1 atom stereocenters. The van der Waals surface area contributed by atoms with Gasteiger partial charge < -0.3 is 10.4 Å². The first-order valence-electron chi connectivity index (χ1n) is 6.55. The molecule has 1 aromatic rings. The third-order valence-corrected chi connectivity index (χ3v) is 4.83. The normalized spacial score (nSPS) is 13.0. The van der Waals surface area contributed by atoms with E-state index in [-0.39, 0.29) is 22.1 Å². The average molecular weight is 313 g/mol. The van der Waals surface area contributed by atoms with Gasteiger partial charge in [-0.05, 0) is 30.2 Å². The zero-order valence-corrected chi connectivity index (χ0v) is 13.0. The highest BCUT2D eigenvalue weighted by atomic mass is 32.2. The maximum absolute atomic E-state index is 12.0. The van der Waals surface area contributed by atoms with Gasteiger partial charge in [0.25, 0.3) is 5.91 Å². The van der Waals surface area contributed by atoms with E-state index in [1.54, 1.807) is 13.8 Å². The monoisotopic (exact) mass is 313 g/mol. The van der Waals surface area contributed by atoms with Crippen LogP contribution < -0.4 is 5.32 Å². The maximum atomic E-state index is 12.0. The van der Waals surface area contributed by atoms with Crippen LogP contribution in [0, 0.1) is 5.92 Å². The molecular formula is C14H19NO5S. The van der Waals surface area contributed by atoms with Crippen LogP contribution in [0.4, 0.5) is 0 Å². The van der Waals surface area contributed by atoms with Crippen molar-refractivity contribution in [1.82, 2.24) is 5.32 Å². The van der Waals surface area contributed by atoms with Gasteiger partial charge in [0.1, 0.15) is 6.04 Å². The van der Waals surface area contributed by atoms with Gasteiger partial charge in [-0.2, -0.15) is 0 Å². The molecule has 1 aromatic carbocycles. The van der Waals surface area contributed by atoms with Crippen LogP contribution in [-0.4, -0.2) is 37.2 Å². The number of nitrogens with one attached hydrogen (secondary N) is 1. The van der Waals surface area contributed by atoms with Gasteiger partial charge in [-0.15, -0.1) is 0 Å². The second kappa shape index (κ2) is 6.71. The third kappa shape index (κ3) is 4.29. The van der Waals surface area contributed by atoms with Crippen molar-refractivity contribution in [3.05, 3.63) is 29.8 Å². The fourth-order valence-corrected chi connectivity index (χ4v) is 2.60. The second-order valence-electron chi connectivity index (χ2n) is 4.96. The van der Waals surface area contributed by atoms with Crippen LogP contribution >= 0.6 is 0 Å². The van der Waals surface area contributed by atoms with Crippen LogP contribution in [0.3, 0.4) is 0 Å². The summed E-state index contributed by atoms with van der Waals surface area (Å²) in [5.41, 5.74) is 0.219. The number of rotatable bonds is 6. The molecule has 0 saturated heterocycles. The largest absolute Gasteiger partial charge is 0.480 e.